The summed E-state index contributed by atoms with van der Waals surface area (Å²) in [5.41, 5.74) is 0.531. The minimum atomic E-state index is -0.391. The van der Waals surface area contributed by atoms with Crippen molar-refractivity contribution >= 4 is 17.5 Å². The molecule has 2 amide bonds. The molecule has 0 radical (unpaired) electrons. The first-order chi connectivity index (χ1) is 10.2. The number of benzene rings is 1. The third-order valence-electron chi connectivity index (χ3n) is 4.52. The molecular weight excluding hydrogens is 274 g/mol. The highest BCUT2D eigenvalue weighted by Gasteiger charge is 2.61. The molecule has 4 aliphatic heterocycles. The van der Waals surface area contributed by atoms with Crippen LogP contribution in [0.25, 0.3) is 0 Å². The number of hydrogen-bond donors (Lipinski definition) is 0. The van der Waals surface area contributed by atoms with E-state index in [2.05, 4.69) is 0 Å². The lowest BCUT2D eigenvalue weighted by Gasteiger charge is -2.17. The number of nitrogens with zero attached hydrogens (tertiary/aromatic N) is 1. The van der Waals surface area contributed by atoms with Crippen molar-refractivity contribution in [3.63, 3.8) is 0 Å². The normalized spacial score (nSPS) is 35.0. The molecule has 1 aromatic carbocycles. The molecule has 0 saturated carbocycles. The standard InChI is InChI=1S/C15H11NO5/c17-14-12-9-3-4-10(21-9)13(12)15(18)16(14)7-1-2-8-11(5-7)20-6-19-8/h1-5,9-10,12-13H,6H2/t9-,10+,12-,13-/m0/s1. The van der Waals surface area contributed by atoms with Gasteiger partial charge in [-0.15, -0.1) is 0 Å². The van der Waals surface area contributed by atoms with Gasteiger partial charge in [0.15, 0.2) is 11.5 Å². The van der Waals surface area contributed by atoms with Crippen molar-refractivity contribution in [1.29, 1.82) is 0 Å². The largest absolute Gasteiger partial charge is 0.454 e. The second-order valence-electron chi connectivity index (χ2n) is 5.55. The summed E-state index contributed by atoms with van der Waals surface area (Å²) in [6, 6.07) is 5.10. The highest BCUT2D eigenvalue weighted by atomic mass is 16.7. The van der Waals surface area contributed by atoms with Gasteiger partial charge in [-0.1, -0.05) is 12.2 Å². The molecule has 0 spiro atoms. The Labute approximate surface area is 119 Å². The molecule has 4 aliphatic rings. The van der Waals surface area contributed by atoms with Gasteiger partial charge < -0.3 is 14.2 Å². The number of carbonyl (C=O) groups is 2. The lowest BCUT2D eigenvalue weighted by atomic mass is 9.85. The predicted octanol–water partition coefficient (Wildman–Crippen LogP) is 0.858. The molecule has 4 heterocycles. The van der Waals surface area contributed by atoms with Crippen LogP contribution < -0.4 is 14.4 Å². The molecule has 2 saturated heterocycles. The number of carbonyl (C=O) groups excluding carboxylic acids is 2. The van der Waals surface area contributed by atoms with E-state index in [1.807, 2.05) is 12.2 Å². The van der Waals surface area contributed by atoms with Gasteiger partial charge in [0.05, 0.1) is 29.7 Å². The minimum absolute atomic E-state index is 0.161. The SMILES string of the molecule is O=C1[C@@H]2[C@@H](C(=O)N1c1ccc3c(c1)OCO3)[C@H]1C=C[C@@H]2O1. The lowest BCUT2D eigenvalue weighted by molar-refractivity contribution is -0.124. The quantitative estimate of drug-likeness (QED) is 0.565. The molecule has 0 aliphatic carbocycles. The van der Waals surface area contributed by atoms with Crippen LogP contribution in [-0.4, -0.2) is 30.8 Å². The summed E-state index contributed by atoms with van der Waals surface area (Å²) in [5.74, 6) is 0.0166. The average molecular weight is 285 g/mol. The van der Waals surface area contributed by atoms with Gasteiger partial charge in [-0.2, -0.15) is 0 Å². The predicted molar refractivity (Wildman–Crippen MR) is 69.8 cm³/mol. The van der Waals surface area contributed by atoms with E-state index in [4.69, 9.17) is 14.2 Å². The van der Waals surface area contributed by atoms with Crippen molar-refractivity contribution in [3.8, 4) is 11.5 Å². The molecule has 4 atom stereocenters. The molecule has 6 heteroatoms. The second-order valence-corrected chi connectivity index (χ2v) is 5.55. The van der Waals surface area contributed by atoms with Crippen LogP contribution in [0.3, 0.4) is 0 Å². The number of amides is 2. The van der Waals surface area contributed by atoms with Gasteiger partial charge in [-0.3, -0.25) is 9.59 Å². The van der Waals surface area contributed by atoms with Crippen LogP contribution in [0.1, 0.15) is 0 Å². The van der Waals surface area contributed by atoms with E-state index < -0.39 is 11.8 Å². The maximum atomic E-state index is 12.6. The molecule has 0 unspecified atom stereocenters. The molecule has 6 nitrogen and oxygen atoms in total. The monoisotopic (exact) mass is 285 g/mol. The molecule has 1 aromatic rings. The Morgan fingerprint density at radius 1 is 0.952 bits per heavy atom. The van der Waals surface area contributed by atoms with E-state index in [9.17, 15) is 9.59 Å². The Hall–Kier alpha value is -2.34. The fourth-order valence-electron chi connectivity index (χ4n) is 3.58. The summed E-state index contributed by atoms with van der Waals surface area (Å²) in [7, 11) is 0. The van der Waals surface area contributed by atoms with Crippen LogP contribution in [0.5, 0.6) is 11.5 Å². The summed E-state index contributed by atoms with van der Waals surface area (Å²) in [6.07, 6.45) is 3.21. The van der Waals surface area contributed by atoms with E-state index in [0.29, 0.717) is 17.2 Å². The first kappa shape index (κ1) is 11.3. The van der Waals surface area contributed by atoms with E-state index in [1.54, 1.807) is 18.2 Å². The Bertz CT molecular complexity index is 682. The molecule has 21 heavy (non-hydrogen) atoms. The first-order valence-electron chi connectivity index (χ1n) is 6.85. The van der Waals surface area contributed by atoms with Crippen LogP contribution in [-0.2, 0) is 14.3 Å². The molecule has 5 rings (SSSR count). The average Bonchev–Trinajstić information content (AvgIpc) is 3.22. The summed E-state index contributed by atoms with van der Waals surface area (Å²) in [4.78, 5) is 26.5. The molecule has 2 fully saturated rings. The van der Waals surface area contributed by atoms with Crippen molar-refractivity contribution < 1.29 is 23.8 Å². The van der Waals surface area contributed by atoms with E-state index in [-0.39, 0.29) is 30.8 Å². The zero-order valence-electron chi connectivity index (χ0n) is 10.9. The Morgan fingerprint density at radius 2 is 1.62 bits per heavy atom. The molecule has 0 N–H and O–H groups in total. The molecule has 2 bridgehead atoms. The van der Waals surface area contributed by atoms with E-state index >= 15 is 0 Å². The Morgan fingerprint density at radius 3 is 2.33 bits per heavy atom. The maximum Gasteiger partial charge on any atom is 0.240 e. The number of anilines is 1. The third-order valence-corrected chi connectivity index (χ3v) is 4.52. The Kier molecular flexibility index (Phi) is 1.97. The van der Waals surface area contributed by atoms with Gasteiger partial charge in [0.25, 0.3) is 0 Å². The number of ether oxygens (including phenoxy) is 3. The lowest BCUT2D eigenvalue weighted by Crippen LogP contribution is -2.34. The zero-order chi connectivity index (χ0) is 14.1. The zero-order valence-corrected chi connectivity index (χ0v) is 10.9. The second kappa shape index (κ2) is 3.65. The van der Waals surface area contributed by atoms with Gasteiger partial charge in [0.1, 0.15) is 0 Å². The fraction of sp³-hybridized carbons (Fsp3) is 0.333. The van der Waals surface area contributed by atoms with Gasteiger partial charge >= 0.3 is 0 Å². The maximum absolute atomic E-state index is 12.6. The number of imide groups is 1. The summed E-state index contributed by atoms with van der Waals surface area (Å²) >= 11 is 0. The minimum Gasteiger partial charge on any atom is -0.454 e. The van der Waals surface area contributed by atoms with Crippen molar-refractivity contribution in [2.24, 2.45) is 11.8 Å². The van der Waals surface area contributed by atoms with Gasteiger partial charge in [0, 0.05) is 6.07 Å². The van der Waals surface area contributed by atoms with Gasteiger partial charge in [-0.05, 0) is 12.1 Å². The topological polar surface area (TPSA) is 65.1 Å². The van der Waals surface area contributed by atoms with Crippen LogP contribution in [0.2, 0.25) is 0 Å². The smallest absolute Gasteiger partial charge is 0.240 e. The number of fused-ring (bicyclic) bond motifs is 6. The highest BCUT2D eigenvalue weighted by molar-refractivity contribution is 6.23. The van der Waals surface area contributed by atoms with Crippen molar-refractivity contribution in [2.45, 2.75) is 12.2 Å². The van der Waals surface area contributed by atoms with Crippen molar-refractivity contribution in [2.75, 3.05) is 11.7 Å². The first-order valence-corrected chi connectivity index (χ1v) is 6.85. The molecular formula is C15H11NO5. The van der Waals surface area contributed by atoms with Crippen molar-refractivity contribution in [1.82, 2.24) is 0 Å². The molecule has 0 aromatic heterocycles. The van der Waals surface area contributed by atoms with Gasteiger partial charge in [0.2, 0.25) is 18.6 Å². The summed E-state index contributed by atoms with van der Waals surface area (Å²) in [5, 5.41) is 0. The summed E-state index contributed by atoms with van der Waals surface area (Å²) in [6.45, 7) is 0.161. The van der Waals surface area contributed by atoms with Crippen LogP contribution in [0, 0.1) is 11.8 Å². The van der Waals surface area contributed by atoms with E-state index in [1.165, 1.54) is 4.90 Å². The van der Waals surface area contributed by atoms with Crippen LogP contribution in [0.4, 0.5) is 5.69 Å². The highest BCUT2D eigenvalue weighted by Crippen LogP contribution is 2.47. The van der Waals surface area contributed by atoms with Crippen LogP contribution in [0.15, 0.2) is 30.4 Å². The Balaban J connectivity index is 1.56. The fourth-order valence-corrected chi connectivity index (χ4v) is 3.58. The van der Waals surface area contributed by atoms with Crippen LogP contribution >= 0.6 is 0 Å². The van der Waals surface area contributed by atoms with E-state index in [0.717, 1.165) is 0 Å². The number of hydrogen-bond acceptors (Lipinski definition) is 5. The summed E-state index contributed by atoms with van der Waals surface area (Å²) < 4.78 is 16.2. The molecule has 106 valence electrons. The van der Waals surface area contributed by atoms with Gasteiger partial charge in [-0.25, -0.2) is 4.90 Å². The third kappa shape index (κ3) is 1.30. The number of rotatable bonds is 1. The van der Waals surface area contributed by atoms with Crippen molar-refractivity contribution in [3.05, 3.63) is 30.4 Å².